The first-order valence-corrected chi connectivity index (χ1v) is 7.00. The molecule has 0 radical (unpaired) electrons. The number of hydrogen-bond acceptors (Lipinski definition) is 3. The number of rotatable bonds is 3. The minimum Gasteiger partial charge on any atom is -0.497 e. The summed E-state index contributed by atoms with van der Waals surface area (Å²) in [6, 6.07) is 15.6. The Hall–Kier alpha value is -2.75. The van der Waals surface area contributed by atoms with Crippen LogP contribution in [0.15, 0.2) is 48.5 Å². The van der Waals surface area contributed by atoms with Crippen LogP contribution in [0.3, 0.4) is 0 Å². The van der Waals surface area contributed by atoms with Gasteiger partial charge in [0.2, 0.25) is 0 Å². The SMILES string of the molecule is COC(=O)c1c(C)n(-c2ccc(OC)cc2)c2ccccc12. The minimum absolute atomic E-state index is 0.319. The fourth-order valence-electron chi connectivity index (χ4n) is 2.79. The number of para-hydroxylation sites is 1. The second-order valence-electron chi connectivity index (χ2n) is 5.00. The molecule has 0 fully saturated rings. The van der Waals surface area contributed by atoms with Gasteiger partial charge in [-0.05, 0) is 37.3 Å². The first-order valence-electron chi connectivity index (χ1n) is 7.00. The number of benzene rings is 2. The first-order chi connectivity index (χ1) is 10.7. The van der Waals surface area contributed by atoms with Gasteiger partial charge < -0.3 is 14.0 Å². The number of carbonyl (C=O) groups excluding carboxylic acids is 1. The van der Waals surface area contributed by atoms with Crippen LogP contribution in [0.4, 0.5) is 0 Å². The molecule has 2 aromatic carbocycles. The van der Waals surface area contributed by atoms with E-state index in [-0.39, 0.29) is 5.97 Å². The van der Waals surface area contributed by atoms with Crippen LogP contribution in [-0.2, 0) is 4.74 Å². The smallest absolute Gasteiger partial charge is 0.340 e. The molecule has 22 heavy (non-hydrogen) atoms. The molecule has 0 aliphatic heterocycles. The molecule has 3 aromatic rings. The van der Waals surface area contributed by atoms with Crippen molar-refractivity contribution in [1.29, 1.82) is 0 Å². The van der Waals surface area contributed by atoms with Crippen LogP contribution in [0.2, 0.25) is 0 Å². The monoisotopic (exact) mass is 295 g/mol. The lowest BCUT2D eigenvalue weighted by molar-refractivity contribution is 0.0602. The molecule has 1 heterocycles. The Morgan fingerprint density at radius 3 is 2.32 bits per heavy atom. The Morgan fingerprint density at radius 2 is 1.68 bits per heavy atom. The van der Waals surface area contributed by atoms with Gasteiger partial charge in [0.05, 0.1) is 25.3 Å². The van der Waals surface area contributed by atoms with Crippen LogP contribution < -0.4 is 4.74 Å². The summed E-state index contributed by atoms with van der Waals surface area (Å²) in [5.74, 6) is 0.479. The van der Waals surface area contributed by atoms with Crippen LogP contribution in [0.5, 0.6) is 5.75 Å². The summed E-state index contributed by atoms with van der Waals surface area (Å²) in [6.07, 6.45) is 0. The zero-order chi connectivity index (χ0) is 15.7. The molecule has 4 heteroatoms. The molecule has 0 saturated carbocycles. The summed E-state index contributed by atoms with van der Waals surface area (Å²) in [6.45, 7) is 1.93. The third-order valence-electron chi connectivity index (χ3n) is 3.83. The maximum Gasteiger partial charge on any atom is 0.340 e. The van der Waals surface area contributed by atoms with Crippen molar-refractivity contribution in [3.8, 4) is 11.4 Å². The minimum atomic E-state index is -0.319. The van der Waals surface area contributed by atoms with Crippen LogP contribution in [-0.4, -0.2) is 24.8 Å². The lowest BCUT2D eigenvalue weighted by Crippen LogP contribution is -2.04. The Balaban J connectivity index is 2.29. The van der Waals surface area contributed by atoms with Crippen molar-refractivity contribution in [1.82, 2.24) is 4.57 Å². The quantitative estimate of drug-likeness (QED) is 0.691. The summed E-state index contributed by atoms with van der Waals surface area (Å²) in [5, 5.41) is 0.891. The summed E-state index contributed by atoms with van der Waals surface area (Å²) in [7, 11) is 3.04. The van der Waals surface area contributed by atoms with Gasteiger partial charge >= 0.3 is 5.97 Å². The third kappa shape index (κ3) is 2.13. The second kappa shape index (κ2) is 5.56. The summed E-state index contributed by atoms with van der Waals surface area (Å²) >= 11 is 0. The molecule has 0 unspecified atom stereocenters. The van der Waals surface area contributed by atoms with E-state index >= 15 is 0 Å². The zero-order valence-corrected chi connectivity index (χ0v) is 12.8. The number of aromatic nitrogens is 1. The molecule has 1 aromatic heterocycles. The van der Waals surface area contributed by atoms with Gasteiger partial charge in [-0.15, -0.1) is 0 Å². The van der Waals surface area contributed by atoms with Gasteiger partial charge in [-0.25, -0.2) is 4.79 Å². The molecular formula is C18H17NO3. The Bertz CT molecular complexity index is 831. The summed E-state index contributed by atoms with van der Waals surface area (Å²) < 4.78 is 12.2. The van der Waals surface area contributed by atoms with Crippen LogP contribution in [0.25, 0.3) is 16.6 Å². The van der Waals surface area contributed by atoms with Gasteiger partial charge in [0.25, 0.3) is 0 Å². The maximum atomic E-state index is 12.1. The molecule has 4 nitrogen and oxygen atoms in total. The average molecular weight is 295 g/mol. The van der Waals surface area contributed by atoms with Crippen molar-refractivity contribution in [3.63, 3.8) is 0 Å². The number of fused-ring (bicyclic) bond motifs is 1. The highest BCUT2D eigenvalue weighted by Gasteiger charge is 2.20. The van der Waals surface area contributed by atoms with Gasteiger partial charge in [-0.1, -0.05) is 18.2 Å². The fourth-order valence-corrected chi connectivity index (χ4v) is 2.79. The van der Waals surface area contributed by atoms with E-state index < -0.39 is 0 Å². The van der Waals surface area contributed by atoms with Crippen molar-refractivity contribution in [3.05, 3.63) is 59.8 Å². The standard InChI is InChI=1S/C18H17NO3/c1-12-17(18(20)22-3)15-6-4-5-7-16(15)19(12)13-8-10-14(21-2)11-9-13/h4-11H,1-3H3. The predicted molar refractivity (Wildman–Crippen MR) is 85.9 cm³/mol. The lowest BCUT2D eigenvalue weighted by atomic mass is 10.1. The predicted octanol–water partition coefficient (Wildman–Crippen LogP) is 3.73. The van der Waals surface area contributed by atoms with Crippen molar-refractivity contribution in [2.24, 2.45) is 0 Å². The van der Waals surface area contributed by atoms with E-state index in [1.54, 1.807) is 7.11 Å². The van der Waals surface area contributed by atoms with E-state index in [1.165, 1.54) is 7.11 Å². The van der Waals surface area contributed by atoms with Crippen molar-refractivity contribution >= 4 is 16.9 Å². The normalized spacial score (nSPS) is 10.7. The fraction of sp³-hybridized carbons (Fsp3) is 0.167. The van der Waals surface area contributed by atoms with Gasteiger partial charge in [0.15, 0.2) is 0 Å². The molecule has 0 atom stereocenters. The molecule has 3 rings (SSSR count). The third-order valence-corrected chi connectivity index (χ3v) is 3.83. The van der Waals surface area contributed by atoms with Crippen LogP contribution >= 0.6 is 0 Å². The number of carbonyl (C=O) groups is 1. The largest absolute Gasteiger partial charge is 0.497 e. The highest BCUT2D eigenvalue weighted by atomic mass is 16.5. The van der Waals surface area contributed by atoms with Gasteiger partial charge in [-0.2, -0.15) is 0 Å². The molecule has 0 saturated heterocycles. The number of esters is 1. The van der Waals surface area contributed by atoms with Crippen molar-refractivity contribution < 1.29 is 14.3 Å². The molecule has 0 aliphatic carbocycles. The van der Waals surface area contributed by atoms with Crippen molar-refractivity contribution in [2.45, 2.75) is 6.92 Å². The number of hydrogen-bond donors (Lipinski definition) is 0. The molecule has 0 N–H and O–H groups in total. The van der Waals surface area contributed by atoms with E-state index in [4.69, 9.17) is 9.47 Å². The average Bonchev–Trinajstić information content (AvgIpc) is 2.86. The van der Waals surface area contributed by atoms with Gasteiger partial charge in [0.1, 0.15) is 5.75 Å². The Kier molecular flexibility index (Phi) is 3.59. The molecule has 0 aliphatic rings. The van der Waals surface area contributed by atoms with Crippen molar-refractivity contribution in [2.75, 3.05) is 14.2 Å². The summed E-state index contributed by atoms with van der Waals surface area (Å²) in [5.41, 5.74) is 3.42. The highest BCUT2D eigenvalue weighted by Crippen LogP contribution is 2.30. The van der Waals surface area contributed by atoms with E-state index in [2.05, 4.69) is 4.57 Å². The van der Waals surface area contributed by atoms with E-state index in [0.717, 1.165) is 28.0 Å². The molecule has 0 bridgehead atoms. The summed E-state index contributed by atoms with van der Waals surface area (Å²) in [4.78, 5) is 12.1. The van der Waals surface area contributed by atoms with Gasteiger partial charge in [0, 0.05) is 16.8 Å². The molecular weight excluding hydrogens is 278 g/mol. The van der Waals surface area contributed by atoms with E-state index in [0.29, 0.717) is 5.56 Å². The maximum absolute atomic E-state index is 12.1. The van der Waals surface area contributed by atoms with Gasteiger partial charge in [-0.3, -0.25) is 0 Å². The lowest BCUT2D eigenvalue weighted by Gasteiger charge is -2.09. The van der Waals surface area contributed by atoms with E-state index in [1.807, 2.05) is 55.5 Å². The number of ether oxygens (including phenoxy) is 2. The molecule has 112 valence electrons. The zero-order valence-electron chi connectivity index (χ0n) is 12.8. The van der Waals surface area contributed by atoms with Crippen LogP contribution in [0, 0.1) is 6.92 Å². The number of methoxy groups -OCH3 is 2. The number of nitrogens with zero attached hydrogens (tertiary/aromatic N) is 1. The molecule has 0 spiro atoms. The Morgan fingerprint density at radius 1 is 1.00 bits per heavy atom. The van der Waals surface area contributed by atoms with E-state index in [9.17, 15) is 4.79 Å². The molecule has 0 amide bonds. The second-order valence-corrected chi connectivity index (χ2v) is 5.00. The highest BCUT2D eigenvalue weighted by molar-refractivity contribution is 6.06. The topological polar surface area (TPSA) is 40.5 Å². The van der Waals surface area contributed by atoms with Crippen LogP contribution in [0.1, 0.15) is 16.1 Å². The first kappa shape index (κ1) is 14.2. The Labute approximate surface area is 128 Å².